The third-order valence-corrected chi connectivity index (χ3v) is 2.65. The normalized spacial score (nSPS) is 9.88. The van der Waals surface area contributed by atoms with Gasteiger partial charge in [0.05, 0.1) is 12.9 Å². The van der Waals surface area contributed by atoms with Gasteiger partial charge in [0.15, 0.2) is 5.16 Å². The van der Waals surface area contributed by atoms with Crippen LogP contribution in [0.5, 0.6) is 0 Å². The second-order valence-corrected chi connectivity index (χ2v) is 3.67. The summed E-state index contributed by atoms with van der Waals surface area (Å²) in [6, 6.07) is 0. The van der Waals surface area contributed by atoms with Crippen molar-refractivity contribution in [2.75, 3.05) is 18.6 Å². The summed E-state index contributed by atoms with van der Waals surface area (Å²) in [4.78, 5) is 21.9. The Labute approximate surface area is 95.5 Å². The van der Waals surface area contributed by atoms with E-state index in [2.05, 4.69) is 14.9 Å². The zero-order chi connectivity index (χ0) is 12.1. The zero-order valence-corrected chi connectivity index (χ0v) is 9.58. The lowest BCUT2D eigenvalue weighted by Gasteiger charge is -2.02. The zero-order valence-electron chi connectivity index (χ0n) is 8.76. The smallest absolute Gasteiger partial charge is 0.413 e. The van der Waals surface area contributed by atoms with Crippen molar-refractivity contribution >= 4 is 29.7 Å². The van der Waals surface area contributed by atoms with E-state index in [-0.39, 0.29) is 11.7 Å². The second kappa shape index (κ2) is 5.35. The molecule has 88 valence electrons. The maximum atomic E-state index is 11.2. The number of ether oxygens (including phenoxy) is 1. The molecule has 16 heavy (non-hydrogen) atoms. The molecular weight excluding hydrogens is 234 g/mol. The number of hydrogen-bond donors (Lipinski definition) is 2. The van der Waals surface area contributed by atoms with Crippen LogP contribution in [-0.2, 0) is 16.6 Å². The van der Waals surface area contributed by atoms with E-state index in [1.807, 2.05) is 5.32 Å². The Morgan fingerprint density at radius 2 is 2.25 bits per heavy atom. The molecule has 1 heterocycles. The summed E-state index contributed by atoms with van der Waals surface area (Å²) in [5, 5.41) is 9.87. The standard InChI is InChI=1S/C7H11N5O3S/c1-12-5(8)10-11-6(12)16-3-4(13)9-7(14)15-2/h3H2,1-2H3,(H2,8,10)(H,9,13,14). The Morgan fingerprint density at radius 3 is 2.75 bits per heavy atom. The number of methoxy groups -OCH3 is 1. The summed E-state index contributed by atoms with van der Waals surface area (Å²) in [7, 11) is 2.86. The van der Waals surface area contributed by atoms with Crippen LogP contribution in [0.4, 0.5) is 10.7 Å². The van der Waals surface area contributed by atoms with E-state index in [0.717, 1.165) is 11.8 Å². The van der Waals surface area contributed by atoms with Gasteiger partial charge in [-0.05, 0) is 0 Å². The van der Waals surface area contributed by atoms with Gasteiger partial charge in [-0.25, -0.2) is 4.79 Å². The molecule has 0 aliphatic heterocycles. The number of nitrogens with zero attached hydrogens (tertiary/aromatic N) is 3. The van der Waals surface area contributed by atoms with Crippen LogP contribution in [-0.4, -0.2) is 39.6 Å². The fourth-order valence-electron chi connectivity index (χ4n) is 0.783. The lowest BCUT2D eigenvalue weighted by Crippen LogP contribution is -2.31. The lowest BCUT2D eigenvalue weighted by atomic mass is 10.7. The van der Waals surface area contributed by atoms with Crippen LogP contribution < -0.4 is 11.1 Å². The van der Waals surface area contributed by atoms with Gasteiger partial charge in [-0.15, -0.1) is 10.2 Å². The highest BCUT2D eigenvalue weighted by molar-refractivity contribution is 7.99. The Bertz CT molecular complexity index is 405. The number of imide groups is 1. The predicted octanol–water partition coefficient (Wildman–Crippen LogP) is -0.628. The average Bonchev–Trinajstić information content (AvgIpc) is 2.57. The van der Waals surface area contributed by atoms with Gasteiger partial charge in [0, 0.05) is 7.05 Å². The minimum absolute atomic E-state index is 0.0288. The average molecular weight is 245 g/mol. The van der Waals surface area contributed by atoms with Crippen LogP contribution in [0.2, 0.25) is 0 Å². The summed E-state index contributed by atoms with van der Waals surface area (Å²) >= 11 is 1.12. The molecule has 0 bridgehead atoms. The molecule has 3 N–H and O–H groups in total. The van der Waals surface area contributed by atoms with E-state index in [0.29, 0.717) is 5.16 Å². The van der Waals surface area contributed by atoms with E-state index in [9.17, 15) is 9.59 Å². The third kappa shape index (κ3) is 3.12. The number of aromatic nitrogens is 3. The molecule has 0 aliphatic carbocycles. The summed E-state index contributed by atoms with van der Waals surface area (Å²) < 4.78 is 5.81. The number of nitrogens with two attached hydrogens (primary N) is 1. The monoisotopic (exact) mass is 245 g/mol. The van der Waals surface area contributed by atoms with Crippen molar-refractivity contribution in [2.24, 2.45) is 7.05 Å². The number of hydrogen-bond acceptors (Lipinski definition) is 7. The molecule has 9 heteroatoms. The number of thioether (sulfide) groups is 1. The number of nitrogens with one attached hydrogen (secondary N) is 1. The number of carbonyl (C=O) groups is 2. The number of rotatable bonds is 3. The first-order chi connectivity index (χ1) is 7.54. The highest BCUT2D eigenvalue weighted by Crippen LogP contribution is 2.15. The summed E-state index contributed by atoms with van der Waals surface area (Å²) in [6.45, 7) is 0. The van der Waals surface area contributed by atoms with Crippen LogP contribution in [0.1, 0.15) is 0 Å². The molecule has 0 unspecified atom stereocenters. The van der Waals surface area contributed by atoms with Crippen molar-refractivity contribution in [3.63, 3.8) is 0 Å². The number of carbonyl (C=O) groups excluding carboxylic acids is 2. The SMILES string of the molecule is COC(=O)NC(=O)CSc1nnc(N)n1C. The number of amides is 2. The van der Waals surface area contributed by atoms with Crippen LogP contribution in [0.15, 0.2) is 5.16 Å². The highest BCUT2D eigenvalue weighted by atomic mass is 32.2. The molecule has 1 aromatic rings. The largest absolute Gasteiger partial charge is 0.453 e. The van der Waals surface area contributed by atoms with E-state index in [4.69, 9.17) is 5.73 Å². The van der Waals surface area contributed by atoms with Gasteiger partial charge in [0.25, 0.3) is 0 Å². The van der Waals surface area contributed by atoms with Gasteiger partial charge in [-0.1, -0.05) is 11.8 Å². The molecule has 0 fully saturated rings. The Hall–Kier alpha value is -1.77. The molecule has 1 aromatic heterocycles. The molecule has 0 radical (unpaired) electrons. The first-order valence-corrected chi connectivity index (χ1v) is 5.18. The summed E-state index contributed by atoms with van der Waals surface area (Å²) in [5.74, 6) is -0.185. The molecular formula is C7H11N5O3S. The van der Waals surface area contributed by atoms with Crippen molar-refractivity contribution in [3.05, 3.63) is 0 Å². The molecule has 0 spiro atoms. The first kappa shape index (κ1) is 12.3. The first-order valence-electron chi connectivity index (χ1n) is 4.20. The highest BCUT2D eigenvalue weighted by Gasteiger charge is 2.11. The fourth-order valence-corrected chi connectivity index (χ4v) is 1.50. The number of anilines is 1. The number of alkyl carbamates (subject to hydrolysis) is 1. The second-order valence-electron chi connectivity index (χ2n) is 2.73. The van der Waals surface area contributed by atoms with Gasteiger partial charge >= 0.3 is 6.09 Å². The van der Waals surface area contributed by atoms with Gasteiger partial charge in [-0.3, -0.25) is 14.7 Å². The minimum atomic E-state index is -0.789. The minimum Gasteiger partial charge on any atom is -0.453 e. The number of nitrogen functional groups attached to an aromatic ring is 1. The summed E-state index contributed by atoms with van der Waals surface area (Å²) in [5.41, 5.74) is 5.45. The van der Waals surface area contributed by atoms with Gasteiger partial charge in [-0.2, -0.15) is 0 Å². The molecule has 8 nitrogen and oxygen atoms in total. The topological polar surface area (TPSA) is 112 Å². The molecule has 0 saturated heterocycles. The van der Waals surface area contributed by atoms with Crippen LogP contribution in [0.25, 0.3) is 0 Å². The van der Waals surface area contributed by atoms with Gasteiger partial charge in [0.1, 0.15) is 0 Å². The predicted molar refractivity (Wildman–Crippen MR) is 56.7 cm³/mol. The Kier molecular flexibility index (Phi) is 4.11. The van der Waals surface area contributed by atoms with Crippen molar-refractivity contribution in [3.8, 4) is 0 Å². The molecule has 0 atom stereocenters. The molecule has 0 aromatic carbocycles. The van der Waals surface area contributed by atoms with Crippen molar-refractivity contribution < 1.29 is 14.3 Å². The molecule has 2 amide bonds. The van der Waals surface area contributed by atoms with Gasteiger partial charge < -0.3 is 10.5 Å². The molecule has 0 aliphatic rings. The maximum Gasteiger partial charge on any atom is 0.413 e. The van der Waals surface area contributed by atoms with E-state index in [1.54, 1.807) is 7.05 Å². The molecule has 1 rings (SSSR count). The van der Waals surface area contributed by atoms with Gasteiger partial charge in [0.2, 0.25) is 11.9 Å². The van der Waals surface area contributed by atoms with Crippen molar-refractivity contribution in [2.45, 2.75) is 5.16 Å². The van der Waals surface area contributed by atoms with E-state index >= 15 is 0 Å². The Morgan fingerprint density at radius 1 is 1.56 bits per heavy atom. The van der Waals surface area contributed by atoms with Crippen LogP contribution in [0, 0.1) is 0 Å². The van der Waals surface area contributed by atoms with Crippen molar-refractivity contribution in [1.82, 2.24) is 20.1 Å². The van der Waals surface area contributed by atoms with E-state index in [1.165, 1.54) is 11.7 Å². The Balaban J connectivity index is 2.43. The van der Waals surface area contributed by atoms with Crippen molar-refractivity contribution in [1.29, 1.82) is 0 Å². The lowest BCUT2D eigenvalue weighted by molar-refractivity contribution is -0.117. The summed E-state index contributed by atoms with van der Waals surface area (Å²) in [6.07, 6.45) is -0.789. The third-order valence-electron chi connectivity index (χ3n) is 1.63. The quantitative estimate of drug-likeness (QED) is 0.682. The van der Waals surface area contributed by atoms with Crippen LogP contribution in [0.3, 0.4) is 0 Å². The fraction of sp³-hybridized carbons (Fsp3) is 0.429. The van der Waals surface area contributed by atoms with Crippen LogP contribution >= 0.6 is 11.8 Å². The maximum absolute atomic E-state index is 11.2. The van der Waals surface area contributed by atoms with E-state index < -0.39 is 12.0 Å². The molecule has 0 saturated carbocycles.